The summed E-state index contributed by atoms with van der Waals surface area (Å²) in [6.07, 6.45) is -0.909. The predicted molar refractivity (Wildman–Crippen MR) is 47.8 cm³/mol. The van der Waals surface area contributed by atoms with Crippen LogP contribution in [0.25, 0.3) is 0 Å². The minimum atomic E-state index is -4.73. The number of aliphatic carboxylic acids is 2. The van der Waals surface area contributed by atoms with E-state index in [-0.39, 0.29) is 6.42 Å². The smallest absolute Gasteiger partial charge is 0.324 e. The summed E-state index contributed by atoms with van der Waals surface area (Å²) in [6.45, 7) is 0. The molecule has 0 spiro atoms. The second-order valence-corrected chi connectivity index (χ2v) is 4.46. The predicted octanol–water partition coefficient (Wildman–Crippen LogP) is -1.48. The molecule has 8 nitrogen and oxygen atoms in total. The zero-order valence-corrected chi connectivity index (χ0v) is 8.35. The van der Waals surface area contributed by atoms with Gasteiger partial charge >= 0.3 is 11.9 Å². The number of hydrogen-bond acceptors (Lipinski definition) is 5. The Morgan fingerprint density at radius 2 is 1.60 bits per heavy atom. The fraction of sp³-hybridized carbons (Fsp3) is 0.667. The summed E-state index contributed by atoms with van der Waals surface area (Å²) in [6, 6.07) is -1.35. The van der Waals surface area contributed by atoms with Crippen molar-refractivity contribution in [2.75, 3.05) is 0 Å². The largest absolute Gasteiger partial charge is 0.480 e. The zero-order chi connectivity index (χ0) is 12.2. The lowest BCUT2D eigenvalue weighted by Crippen LogP contribution is -2.35. The molecule has 0 unspecified atom stereocenters. The third kappa shape index (κ3) is 4.72. The number of nitrogens with two attached hydrogens (primary N) is 1. The molecule has 15 heavy (non-hydrogen) atoms. The molecule has 0 aromatic rings. The molecular weight excluding hydrogens is 230 g/mol. The van der Waals surface area contributed by atoms with Crippen molar-refractivity contribution < 1.29 is 32.8 Å². The zero-order valence-electron chi connectivity index (χ0n) is 7.53. The molecule has 0 aliphatic rings. The Bertz CT molecular complexity index is 348. The molecule has 9 heteroatoms. The average molecular weight is 241 g/mol. The van der Waals surface area contributed by atoms with Crippen molar-refractivity contribution in [2.24, 2.45) is 5.73 Å². The molecule has 0 saturated heterocycles. The van der Waals surface area contributed by atoms with Crippen LogP contribution in [0.4, 0.5) is 0 Å². The van der Waals surface area contributed by atoms with Gasteiger partial charge in [0.15, 0.2) is 5.25 Å². The number of rotatable bonds is 6. The summed E-state index contributed by atoms with van der Waals surface area (Å²) in [7, 11) is -4.73. The Balaban J connectivity index is 4.47. The Hall–Kier alpha value is -1.19. The quantitative estimate of drug-likeness (QED) is 0.410. The van der Waals surface area contributed by atoms with Crippen LogP contribution in [0.3, 0.4) is 0 Å². The number of carboxylic acid groups (broad SMARTS) is 2. The molecular formula is C6H11NO7S. The van der Waals surface area contributed by atoms with Crippen LogP contribution < -0.4 is 5.73 Å². The first kappa shape index (κ1) is 13.8. The Morgan fingerprint density at radius 1 is 1.13 bits per heavy atom. The second-order valence-electron chi connectivity index (χ2n) is 2.86. The summed E-state index contributed by atoms with van der Waals surface area (Å²) < 4.78 is 29.6. The highest BCUT2D eigenvalue weighted by Crippen LogP contribution is 2.09. The minimum Gasteiger partial charge on any atom is -0.480 e. The maximum atomic E-state index is 10.5. The van der Waals surface area contributed by atoms with Crippen LogP contribution in [-0.2, 0) is 19.7 Å². The standard InChI is InChI=1S/C6H11NO7S/c7-3(5(8)9)1-2-4(6(10)11)15(12,13)14/h3-4H,1-2,7H2,(H,8,9)(H,10,11)(H,12,13,14)/t3-,4-/m0/s1. The first-order valence-electron chi connectivity index (χ1n) is 3.83. The van der Waals surface area contributed by atoms with Crippen molar-refractivity contribution >= 4 is 22.1 Å². The second kappa shape index (κ2) is 5.05. The van der Waals surface area contributed by atoms with Gasteiger partial charge in [0.2, 0.25) is 0 Å². The fourth-order valence-corrected chi connectivity index (χ4v) is 1.54. The van der Waals surface area contributed by atoms with Crippen LogP contribution in [0.2, 0.25) is 0 Å². The van der Waals surface area contributed by atoms with E-state index in [2.05, 4.69) is 0 Å². The van der Waals surface area contributed by atoms with Crippen LogP contribution in [0.15, 0.2) is 0 Å². The van der Waals surface area contributed by atoms with E-state index in [0.29, 0.717) is 0 Å². The first-order valence-corrected chi connectivity index (χ1v) is 5.34. The van der Waals surface area contributed by atoms with Gasteiger partial charge in [-0.25, -0.2) is 0 Å². The van der Waals surface area contributed by atoms with E-state index in [1.54, 1.807) is 0 Å². The third-order valence-corrected chi connectivity index (χ3v) is 2.85. The number of carboxylic acids is 2. The molecule has 0 rings (SSSR count). The monoisotopic (exact) mass is 241 g/mol. The Kier molecular flexibility index (Phi) is 4.65. The van der Waals surface area contributed by atoms with E-state index in [1.165, 1.54) is 0 Å². The maximum absolute atomic E-state index is 10.5. The highest BCUT2D eigenvalue weighted by atomic mass is 32.2. The fourth-order valence-electron chi connectivity index (χ4n) is 0.854. The van der Waals surface area contributed by atoms with Gasteiger partial charge in [-0.3, -0.25) is 14.1 Å². The molecule has 5 N–H and O–H groups in total. The molecule has 0 saturated carbocycles. The minimum absolute atomic E-state index is 0.355. The van der Waals surface area contributed by atoms with Crippen molar-refractivity contribution in [3.63, 3.8) is 0 Å². The molecule has 0 amide bonds. The van der Waals surface area contributed by atoms with Gasteiger partial charge in [0.05, 0.1) is 0 Å². The van der Waals surface area contributed by atoms with Crippen molar-refractivity contribution in [3.8, 4) is 0 Å². The lowest BCUT2D eigenvalue weighted by Gasteiger charge is -2.10. The van der Waals surface area contributed by atoms with Gasteiger partial charge in [-0.1, -0.05) is 0 Å². The highest BCUT2D eigenvalue weighted by Gasteiger charge is 2.31. The summed E-state index contributed by atoms with van der Waals surface area (Å²) in [5.74, 6) is -3.11. The van der Waals surface area contributed by atoms with Crippen LogP contribution in [0, 0.1) is 0 Å². The number of hydrogen-bond donors (Lipinski definition) is 4. The van der Waals surface area contributed by atoms with Gasteiger partial charge in [-0.2, -0.15) is 8.42 Å². The van der Waals surface area contributed by atoms with Gasteiger partial charge in [0, 0.05) is 0 Å². The van der Waals surface area contributed by atoms with Gasteiger partial charge in [-0.05, 0) is 12.8 Å². The molecule has 0 radical (unpaired) electrons. The lowest BCUT2D eigenvalue weighted by molar-refractivity contribution is -0.140. The highest BCUT2D eigenvalue weighted by molar-refractivity contribution is 7.87. The van der Waals surface area contributed by atoms with Crippen molar-refractivity contribution in [1.29, 1.82) is 0 Å². The van der Waals surface area contributed by atoms with Crippen LogP contribution in [-0.4, -0.2) is 46.4 Å². The topological polar surface area (TPSA) is 155 Å². The Morgan fingerprint density at radius 3 is 1.87 bits per heavy atom. The van der Waals surface area contributed by atoms with Gasteiger partial charge in [0.1, 0.15) is 6.04 Å². The molecule has 88 valence electrons. The maximum Gasteiger partial charge on any atom is 0.324 e. The SMILES string of the molecule is N[C@@H](CC[C@@H](C(=O)O)S(=O)(=O)O)C(=O)O. The molecule has 0 heterocycles. The third-order valence-electron chi connectivity index (χ3n) is 1.69. The van der Waals surface area contributed by atoms with Gasteiger partial charge in [-0.15, -0.1) is 0 Å². The average Bonchev–Trinajstić information content (AvgIpc) is 2.00. The van der Waals surface area contributed by atoms with Crippen LogP contribution in [0.5, 0.6) is 0 Å². The summed E-state index contributed by atoms with van der Waals surface area (Å²) in [5.41, 5.74) is 5.04. The lowest BCUT2D eigenvalue weighted by atomic mass is 10.1. The molecule has 0 aromatic carbocycles. The van der Waals surface area contributed by atoms with Crippen molar-refractivity contribution in [1.82, 2.24) is 0 Å². The summed E-state index contributed by atoms with van der Waals surface area (Å²) in [5, 5.41) is 14.7. The van der Waals surface area contributed by atoms with E-state index in [9.17, 15) is 18.0 Å². The van der Waals surface area contributed by atoms with Gasteiger partial charge in [0.25, 0.3) is 10.1 Å². The van der Waals surface area contributed by atoms with Gasteiger partial charge < -0.3 is 15.9 Å². The first-order chi connectivity index (χ1) is 6.66. The molecule has 0 aromatic heterocycles. The summed E-state index contributed by atoms with van der Waals surface area (Å²) >= 11 is 0. The number of carbonyl (C=O) groups is 2. The molecule has 0 bridgehead atoms. The van der Waals surface area contributed by atoms with Crippen LogP contribution >= 0.6 is 0 Å². The van der Waals surface area contributed by atoms with E-state index in [0.717, 1.165) is 0 Å². The van der Waals surface area contributed by atoms with E-state index >= 15 is 0 Å². The Labute approximate surface area is 85.4 Å². The van der Waals surface area contributed by atoms with Crippen LogP contribution in [0.1, 0.15) is 12.8 Å². The van der Waals surface area contributed by atoms with E-state index < -0.39 is 39.8 Å². The molecule has 2 atom stereocenters. The van der Waals surface area contributed by atoms with Crippen molar-refractivity contribution in [3.05, 3.63) is 0 Å². The molecule has 0 fully saturated rings. The van der Waals surface area contributed by atoms with E-state index in [4.69, 9.17) is 20.5 Å². The molecule has 0 aliphatic heterocycles. The van der Waals surface area contributed by atoms with E-state index in [1.807, 2.05) is 0 Å². The summed E-state index contributed by atoms with van der Waals surface area (Å²) in [4.78, 5) is 20.6. The van der Waals surface area contributed by atoms with Crippen molar-refractivity contribution in [2.45, 2.75) is 24.1 Å². The normalized spacial score (nSPS) is 15.6. The molecule has 0 aliphatic carbocycles.